The van der Waals surface area contributed by atoms with E-state index in [-0.39, 0.29) is 0 Å². The zero-order chi connectivity index (χ0) is 17.1. The number of rotatable bonds is 4. The average Bonchev–Trinajstić information content (AvgIpc) is 2.59. The van der Waals surface area contributed by atoms with Crippen LogP contribution in [0.3, 0.4) is 0 Å². The molecule has 0 amide bonds. The Morgan fingerprint density at radius 3 is 1.62 bits per heavy atom. The molecule has 0 aliphatic rings. The van der Waals surface area contributed by atoms with Gasteiger partial charge < -0.3 is 14.9 Å². The van der Waals surface area contributed by atoms with Crippen LogP contribution in [0.5, 0.6) is 0 Å². The molecular weight excluding hydrogens is 297 g/mol. The predicted octanol–water partition coefficient (Wildman–Crippen LogP) is 3.45. The van der Waals surface area contributed by atoms with Crippen molar-refractivity contribution in [3.63, 3.8) is 0 Å². The van der Waals surface area contributed by atoms with Gasteiger partial charge in [0.25, 0.3) is 0 Å². The Hall–Kier alpha value is -2.56. The number of nitrogens with zero attached hydrogens (tertiary/aromatic N) is 1. The van der Waals surface area contributed by atoms with Crippen LogP contribution in [-0.4, -0.2) is 17.2 Å². The third kappa shape index (κ3) is 3.50. The number of anilines is 3. The maximum Gasteiger partial charge on any atom is 0.488 e. The fourth-order valence-corrected chi connectivity index (χ4v) is 2.66. The average molecular weight is 317 g/mol. The van der Waals surface area contributed by atoms with Crippen LogP contribution in [0.2, 0.25) is 0 Å². The lowest BCUT2D eigenvalue weighted by Gasteiger charge is -2.26. The van der Waals surface area contributed by atoms with Gasteiger partial charge in [-0.05, 0) is 55.7 Å². The van der Waals surface area contributed by atoms with Gasteiger partial charge in [0.1, 0.15) is 0 Å². The quantitative estimate of drug-likeness (QED) is 0.724. The molecule has 0 spiro atoms. The van der Waals surface area contributed by atoms with Gasteiger partial charge in [-0.1, -0.05) is 47.5 Å². The molecule has 0 radical (unpaired) electrons. The van der Waals surface area contributed by atoms with Crippen LogP contribution < -0.4 is 10.4 Å². The van der Waals surface area contributed by atoms with E-state index in [9.17, 15) is 10.0 Å². The summed E-state index contributed by atoms with van der Waals surface area (Å²) in [5.74, 6) is 0. The molecule has 3 rings (SSSR count). The van der Waals surface area contributed by atoms with Crippen LogP contribution in [0, 0.1) is 13.8 Å². The summed E-state index contributed by atoms with van der Waals surface area (Å²) in [4.78, 5) is 2.10. The molecule has 2 N–H and O–H groups in total. The summed E-state index contributed by atoms with van der Waals surface area (Å²) in [6, 6.07) is 23.8. The maximum absolute atomic E-state index is 9.48. The summed E-state index contributed by atoms with van der Waals surface area (Å²) >= 11 is 0. The predicted molar refractivity (Wildman–Crippen MR) is 100 cm³/mol. The molecule has 0 aliphatic heterocycles. The van der Waals surface area contributed by atoms with Crippen LogP contribution in [0.4, 0.5) is 17.1 Å². The SMILES string of the molecule is Cc1ccc(N(c2ccc(C)cc2)c2cccc(B(O)O)c2)cc1. The number of hydrogen-bond acceptors (Lipinski definition) is 3. The standard InChI is InChI=1S/C20H20BNO2/c1-15-6-10-18(11-7-15)22(19-12-8-16(2)9-13-19)20-5-3-4-17(14-20)21(23)24/h3-14,23-24H,1-2H3. The van der Waals surface area contributed by atoms with Gasteiger partial charge in [0.2, 0.25) is 0 Å². The highest BCUT2D eigenvalue weighted by atomic mass is 16.4. The lowest BCUT2D eigenvalue weighted by molar-refractivity contribution is 0.426. The Bertz CT molecular complexity index is 768. The first-order valence-electron chi connectivity index (χ1n) is 7.94. The fraction of sp³-hybridized carbons (Fsp3) is 0.100. The topological polar surface area (TPSA) is 43.7 Å². The zero-order valence-electron chi connectivity index (χ0n) is 13.8. The maximum atomic E-state index is 9.48. The third-order valence-corrected chi connectivity index (χ3v) is 4.01. The van der Waals surface area contributed by atoms with Crippen molar-refractivity contribution >= 4 is 29.6 Å². The van der Waals surface area contributed by atoms with Crippen LogP contribution >= 0.6 is 0 Å². The Balaban J connectivity index is 2.12. The monoisotopic (exact) mass is 317 g/mol. The normalized spacial score (nSPS) is 10.5. The van der Waals surface area contributed by atoms with Crippen LogP contribution in [-0.2, 0) is 0 Å². The van der Waals surface area contributed by atoms with Crippen molar-refractivity contribution in [2.45, 2.75) is 13.8 Å². The van der Waals surface area contributed by atoms with E-state index in [1.165, 1.54) is 11.1 Å². The molecule has 3 nitrogen and oxygen atoms in total. The van der Waals surface area contributed by atoms with Crippen molar-refractivity contribution in [3.05, 3.63) is 83.9 Å². The Labute approximate surface area is 143 Å². The van der Waals surface area contributed by atoms with Crippen LogP contribution in [0.25, 0.3) is 0 Å². The van der Waals surface area contributed by atoms with E-state index in [2.05, 4.69) is 67.3 Å². The zero-order valence-corrected chi connectivity index (χ0v) is 13.8. The van der Waals surface area contributed by atoms with E-state index < -0.39 is 7.12 Å². The first-order chi connectivity index (χ1) is 11.5. The third-order valence-electron chi connectivity index (χ3n) is 4.01. The Morgan fingerprint density at radius 1 is 0.667 bits per heavy atom. The number of hydrogen-bond donors (Lipinski definition) is 2. The van der Waals surface area contributed by atoms with E-state index in [4.69, 9.17) is 0 Å². The number of benzene rings is 3. The fourth-order valence-electron chi connectivity index (χ4n) is 2.66. The second-order valence-corrected chi connectivity index (χ2v) is 5.98. The highest BCUT2D eigenvalue weighted by molar-refractivity contribution is 6.58. The minimum absolute atomic E-state index is 0.469. The molecule has 3 aromatic rings. The Kier molecular flexibility index (Phi) is 4.70. The van der Waals surface area contributed by atoms with E-state index in [1.54, 1.807) is 12.1 Å². The molecule has 0 bridgehead atoms. The molecule has 4 heteroatoms. The summed E-state index contributed by atoms with van der Waals surface area (Å²) in [7, 11) is -1.48. The van der Waals surface area contributed by atoms with Gasteiger partial charge in [-0.25, -0.2) is 0 Å². The van der Waals surface area contributed by atoms with Crippen molar-refractivity contribution in [2.75, 3.05) is 4.90 Å². The summed E-state index contributed by atoms with van der Waals surface area (Å²) < 4.78 is 0. The molecule has 0 aromatic heterocycles. The van der Waals surface area contributed by atoms with Crippen molar-refractivity contribution in [1.82, 2.24) is 0 Å². The van der Waals surface area contributed by atoms with E-state index in [1.807, 2.05) is 12.1 Å². The molecular formula is C20H20BNO2. The van der Waals surface area contributed by atoms with Gasteiger partial charge in [0, 0.05) is 17.1 Å². The van der Waals surface area contributed by atoms with E-state index in [0.29, 0.717) is 5.46 Å². The van der Waals surface area contributed by atoms with Crippen molar-refractivity contribution in [2.24, 2.45) is 0 Å². The molecule has 0 aliphatic carbocycles. The molecule has 0 unspecified atom stereocenters. The van der Waals surface area contributed by atoms with Gasteiger partial charge in [0.15, 0.2) is 0 Å². The molecule has 120 valence electrons. The summed E-state index contributed by atoms with van der Waals surface area (Å²) in [6.07, 6.45) is 0. The molecule has 0 atom stereocenters. The largest absolute Gasteiger partial charge is 0.488 e. The van der Waals surface area contributed by atoms with Gasteiger partial charge in [0.05, 0.1) is 0 Å². The molecule has 0 saturated heterocycles. The molecule has 0 fully saturated rings. The van der Waals surface area contributed by atoms with Crippen molar-refractivity contribution in [3.8, 4) is 0 Å². The lowest BCUT2D eigenvalue weighted by Crippen LogP contribution is -2.30. The number of aryl methyl sites for hydroxylation is 2. The van der Waals surface area contributed by atoms with Crippen molar-refractivity contribution in [1.29, 1.82) is 0 Å². The summed E-state index contributed by atoms with van der Waals surface area (Å²) in [6.45, 7) is 4.12. The lowest BCUT2D eigenvalue weighted by atomic mass is 9.80. The Morgan fingerprint density at radius 2 is 1.17 bits per heavy atom. The molecule has 0 saturated carbocycles. The summed E-state index contributed by atoms with van der Waals surface area (Å²) in [5.41, 5.74) is 5.79. The first kappa shape index (κ1) is 16.3. The molecule has 0 heterocycles. The van der Waals surface area contributed by atoms with Gasteiger partial charge in [-0.3, -0.25) is 0 Å². The van der Waals surface area contributed by atoms with Gasteiger partial charge in [-0.15, -0.1) is 0 Å². The smallest absolute Gasteiger partial charge is 0.423 e. The summed E-state index contributed by atoms with van der Waals surface area (Å²) in [5, 5.41) is 19.0. The molecule has 24 heavy (non-hydrogen) atoms. The highest BCUT2D eigenvalue weighted by Gasteiger charge is 2.16. The van der Waals surface area contributed by atoms with Crippen LogP contribution in [0.1, 0.15) is 11.1 Å². The second kappa shape index (κ2) is 6.91. The van der Waals surface area contributed by atoms with Gasteiger partial charge in [-0.2, -0.15) is 0 Å². The second-order valence-electron chi connectivity index (χ2n) is 5.98. The van der Waals surface area contributed by atoms with Crippen LogP contribution in [0.15, 0.2) is 72.8 Å². The van der Waals surface area contributed by atoms with E-state index >= 15 is 0 Å². The van der Waals surface area contributed by atoms with E-state index in [0.717, 1.165) is 17.1 Å². The minimum atomic E-state index is -1.48. The van der Waals surface area contributed by atoms with Crippen molar-refractivity contribution < 1.29 is 10.0 Å². The highest BCUT2D eigenvalue weighted by Crippen LogP contribution is 2.34. The van der Waals surface area contributed by atoms with Gasteiger partial charge >= 0.3 is 7.12 Å². The molecule has 3 aromatic carbocycles. The first-order valence-corrected chi connectivity index (χ1v) is 7.94. The minimum Gasteiger partial charge on any atom is -0.423 e.